The van der Waals surface area contributed by atoms with Crippen LogP contribution >= 0.6 is 11.3 Å². The highest BCUT2D eigenvalue weighted by Crippen LogP contribution is 2.22. The zero-order valence-corrected chi connectivity index (χ0v) is 12.5. The largest absolute Gasteiger partial charge is 0.399 e. The van der Waals surface area contributed by atoms with Gasteiger partial charge < -0.3 is 16.0 Å². The minimum atomic E-state index is -0.0755. The van der Waals surface area contributed by atoms with E-state index >= 15 is 0 Å². The molecule has 0 saturated heterocycles. The van der Waals surface area contributed by atoms with Gasteiger partial charge in [0.05, 0.1) is 6.04 Å². The van der Waals surface area contributed by atoms with Crippen LogP contribution < -0.4 is 11.1 Å². The highest BCUT2D eigenvalue weighted by Gasteiger charge is 2.16. The Kier molecular flexibility index (Phi) is 4.76. The van der Waals surface area contributed by atoms with Crippen molar-refractivity contribution in [3.05, 3.63) is 52.2 Å². The van der Waals surface area contributed by atoms with Crippen LogP contribution in [0, 0.1) is 0 Å². The molecule has 0 spiro atoms. The number of carbonyl (C=O) groups is 1. The van der Waals surface area contributed by atoms with E-state index in [1.54, 1.807) is 35.6 Å². The van der Waals surface area contributed by atoms with Gasteiger partial charge in [-0.25, -0.2) is 0 Å². The maximum absolute atomic E-state index is 12.1. The van der Waals surface area contributed by atoms with E-state index in [1.165, 1.54) is 4.88 Å². The lowest BCUT2D eigenvalue weighted by atomic mass is 10.1. The van der Waals surface area contributed by atoms with Gasteiger partial charge in [-0.2, -0.15) is 0 Å². The Balaban J connectivity index is 1.99. The van der Waals surface area contributed by atoms with E-state index in [-0.39, 0.29) is 11.9 Å². The fraction of sp³-hybridized carbons (Fsp3) is 0.267. The average Bonchev–Trinajstić information content (AvgIpc) is 2.93. The number of carbonyl (C=O) groups excluding carboxylic acids is 1. The van der Waals surface area contributed by atoms with Crippen molar-refractivity contribution in [2.75, 3.05) is 26.4 Å². The number of amides is 1. The van der Waals surface area contributed by atoms with Gasteiger partial charge in [-0.1, -0.05) is 6.07 Å². The van der Waals surface area contributed by atoms with Crippen LogP contribution in [0.2, 0.25) is 0 Å². The second-order valence-corrected chi connectivity index (χ2v) is 5.81. The first-order chi connectivity index (χ1) is 9.58. The van der Waals surface area contributed by atoms with Crippen LogP contribution in [0.25, 0.3) is 0 Å². The minimum absolute atomic E-state index is 0.0755. The molecule has 20 heavy (non-hydrogen) atoms. The molecule has 0 bridgehead atoms. The molecule has 2 aromatic rings. The predicted octanol–water partition coefficient (Wildman–Crippen LogP) is 2.36. The number of nitrogens with two attached hydrogens (primary N) is 1. The molecule has 0 aliphatic carbocycles. The van der Waals surface area contributed by atoms with Gasteiger partial charge in [-0.05, 0) is 49.8 Å². The summed E-state index contributed by atoms with van der Waals surface area (Å²) in [6, 6.07) is 11.2. The van der Waals surface area contributed by atoms with Gasteiger partial charge >= 0.3 is 0 Å². The van der Waals surface area contributed by atoms with E-state index in [9.17, 15) is 4.79 Å². The normalized spacial score (nSPS) is 12.3. The van der Waals surface area contributed by atoms with E-state index < -0.39 is 0 Å². The molecule has 106 valence electrons. The molecule has 1 aromatic carbocycles. The number of hydrogen-bond acceptors (Lipinski definition) is 4. The fourth-order valence-electron chi connectivity index (χ4n) is 1.94. The molecule has 0 aliphatic heterocycles. The van der Waals surface area contributed by atoms with Crippen LogP contribution in [-0.4, -0.2) is 31.4 Å². The molecular formula is C15H19N3OS. The molecule has 2 rings (SSSR count). The van der Waals surface area contributed by atoms with E-state index in [2.05, 4.69) is 16.3 Å². The molecule has 1 aromatic heterocycles. The molecular weight excluding hydrogens is 270 g/mol. The molecule has 0 radical (unpaired) electrons. The third-order valence-electron chi connectivity index (χ3n) is 3.12. The molecule has 1 amide bonds. The van der Waals surface area contributed by atoms with E-state index in [0.29, 0.717) is 17.8 Å². The average molecular weight is 289 g/mol. The lowest BCUT2D eigenvalue weighted by Crippen LogP contribution is -2.34. The maximum Gasteiger partial charge on any atom is 0.251 e. The molecule has 0 aliphatic rings. The van der Waals surface area contributed by atoms with E-state index in [4.69, 9.17) is 5.73 Å². The summed E-state index contributed by atoms with van der Waals surface area (Å²) in [5.41, 5.74) is 6.90. The van der Waals surface area contributed by atoms with Crippen LogP contribution in [0.4, 0.5) is 5.69 Å². The van der Waals surface area contributed by atoms with Crippen molar-refractivity contribution in [3.8, 4) is 0 Å². The number of benzene rings is 1. The number of nitrogens with zero attached hydrogens (tertiary/aromatic N) is 1. The predicted molar refractivity (Wildman–Crippen MR) is 83.9 cm³/mol. The highest BCUT2D eigenvalue weighted by atomic mass is 32.1. The van der Waals surface area contributed by atoms with Gasteiger partial charge in [0.2, 0.25) is 0 Å². The van der Waals surface area contributed by atoms with Gasteiger partial charge in [0.25, 0.3) is 5.91 Å². The Morgan fingerprint density at radius 1 is 1.30 bits per heavy atom. The first-order valence-electron chi connectivity index (χ1n) is 6.41. The second-order valence-electron chi connectivity index (χ2n) is 4.83. The number of nitrogens with one attached hydrogen (secondary N) is 1. The number of likely N-dealkylation sites (N-methyl/N-ethyl adjacent to an activating group) is 1. The van der Waals surface area contributed by atoms with Crippen LogP contribution in [0.5, 0.6) is 0 Å². The topological polar surface area (TPSA) is 58.4 Å². The minimum Gasteiger partial charge on any atom is -0.399 e. The van der Waals surface area contributed by atoms with Crippen LogP contribution in [0.1, 0.15) is 21.3 Å². The van der Waals surface area contributed by atoms with Gasteiger partial charge in [-0.15, -0.1) is 11.3 Å². The summed E-state index contributed by atoms with van der Waals surface area (Å²) in [5, 5.41) is 5.02. The van der Waals surface area contributed by atoms with Crippen molar-refractivity contribution in [1.82, 2.24) is 10.2 Å². The Morgan fingerprint density at radius 3 is 2.55 bits per heavy atom. The SMILES string of the molecule is CN(C)C(CNC(=O)c1ccc(N)cc1)c1cccs1. The second kappa shape index (κ2) is 6.54. The quantitative estimate of drug-likeness (QED) is 0.831. The Morgan fingerprint density at radius 2 is 2.00 bits per heavy atom. The zero-order chi connectivity index (χ0) is 14.5. The fourth-order valence-corrected chi connectivity index (χ4v) is 2.87. The monoisotopic (exact) mass is 289 g/mol. The van der Waals surface area contributed by atoms with Gasteiger partial charge in [0, 0.05) is 22.7 Å². The Hall–Kier alpha value is -1.85. The summed E-state index contributed by atoms with van der Waals surface area (Å²) < 4.78 is 0. The summed E-state index contributed by atoms with van der Waals surface area (Å²) in [6.45, 7) is 0.580. The van der Waals surface area contributed by atoms with Crippen LogP contribution in [0.3, 0.4) is 0 Å². The lowest BCUT2D eigenvalue weighted by Gasteiger charge is -2.23. The Labute approximate surface area is 123 Å². The van der Waals surface area contributed by atoms with Crippen LogP contribution in [0.15, 0.2) is 41.8 Å². The number of nitrogen functional groups attached to an aromatic ring is 1. The van der Waals surface area contributed by atoms with Gasteiger partial charge in [0.1, 0.15) is 0 Å². The van der Waals surface area contributed by atoms with Crippen molar-refractivity contribution in [2.45, 2.75) is 6.04 Å². The zero-order valence-electron chi connectivity index (χ0n) is 11.7. The lowest BCUT2D eigenvalue weighted by molar-refractivity contribution is 0.0942. The third kappa shape index (κ3) is 3.59. The Bertz CT molecular complexity index is 549. The van der Waals surface area contributed by atoms with Crippen molar-refractivity contribution in [3.63, 3.8) is 0 Å². The molecule has 5 heteroatoms. The summed E-state index contributed by atoms with van der Waals surface area (Å²) in [6.07, 6.45) is 0. The van der Waals surface area contributed by atoms with Crippen molar-refractivity contribution >= 4 is 22.9 Å². The van der Waals surface area contributed by atoms with Crippen molar-refractivity contribution in [1.29, 1.82) is 0 Å². The molecule has 1 heterocycles. The summed E-state index contributed by atoms with van der Waals surface area (Å²) in [4.78, 5) is 15.4. The molecule has 0 saturated carbocycles. The molecule has 1 atom stereocenters. The van der Waals surface area contributed by atoms with E-state index in [0.717, 1.165) is 0 Å². The maximum atomic E-state index is 12.1. The van der Waals surface area contributed by atoms with E-state index in [1.807, 2.05) is 25.5 Å². The van der Waals surface area contributed by atoms with Crippen molar-refractivity contribution in [2.24, 2.45) is 0 Å². The molecule has 1 unspecified atom stereocenters. The third-order valence-corrected chi connectivity index (χ3v) is 4.10. The number of hydrogen-bond donors (Lipinski definition) is 2. The number of anilines is 1. The molecule has 4 nitrogen and oxygen atoms in total. The van der Waals surface area contributed by atoms with Gasteiger partial charge in [0.15, 0.2) is 0 Å². The van der Waals surface area contributed by atoms with Crippen LogP contribution in [-0.2, 0) is 0 Å². The van der Waals surface area contributed by atoms with Gasteiger partial charge in [-0.3, -0.25) is 4.79 Å². The summed E-state index contributed by atoms with van der Waals surface area (Å²) in [7, 11) is 4.03. The molecule has 0 fully saturated rings. The number of rotatable bonds is 5. The number of thiophene rings is 1. The first-order valence-corrected chi connectivity index (χ1v) is 7.29. The van der Waals surface area contributed by atoms with Crippen molar-refractivity contribution < 1.29 is 4.79 Å². The first kappa shape index (κ1) is 14.6. The standard InChI is InChI=1S/C15H19N3OS/c1-18(2)13(14-4-3-9-20-14)10-17-15(19)11-5-7-12(16)8-6-11/h3-9,13H,10,16H2,1-2H3,(H,17,19). The highest BCUT2D eigenvalue weighted by molar-refractivity contribution is 7.10. The molecule has 3 N–H and O–H groups in total. The smallest absolute Gasteiger partial charge is 0.251 e. The summed E-state index contributed by atoms with van der Waals surface area (Å²) in [5.74, 6) is -0.0755. The summed E-state index contributed by atoms with van der Waals surface area (Å²) >= 11 is 1.70.